The first kappa shape index (κ1) is 13.9. The van der Waals surface area contributed by atoms with Crippen LogP contribution < -0.4 is 0 Å². The van der Waals surface area contributed by atoms with E-state index in [9.17, 15) is 4.79 Å². The zero-order valence-electron chi connectivity index (χ0n) is 11.5. The summed E-state index contributed by atoms with van der Waals surface area (Å²) < 4.78 is 10.0. The molecule has 0 unspecified atom stereocenters. The molecule has 1 aromatic rings. The molecule has 2 heterocycles. The van der Waals surface area contributed by atoms with Crippen LogP contribution in [0.1, 0.15) is 42.4 Å². The highest BCUT2D eigenvalue weighted by atomic mass is 16.5. The van der Waals surface area contributed by atoms with E-state index in [-0.39, 0.29) is 5.97 Å². The topological polar surface area (TPSA) is 61.3 Å². The third kappa shape index (κ3) is 3.99. The molecule has 19 heavy (non-hydrogen) atoms. The fourth-order valence-electron chi connectivity index (χ4n) is 2.29. The van der Waals surface area contributed by atoms with Gasteiger partial charge in [0, 0.05) is 36.9 Å². The number of nitrogens with zero attached hydrogens (tertiary/aromatic N) is 2. The normalized spacial score (nSPS) is 16.3. The smallest absolute Gasteiger partial charge is 0.305 e. The number of esters is 1. The van der Waals surface area contributed by atoms with Gasteiger partial charge >= 0.3 is 5.97 Å². The second kappa shape index (κ2) is 6.61. The van der Waals surface area contributed by atoms with Crippen molar-refractivity contribution < 1.29 is 14.3 Å². The van der Waals surface area contributed by atoms with Crippen LogP contribution in [0.4, 0.5) is 0 Å². The Kier molecular flexibility index (Phi) is 4.85. The van der Waals surface area contributed by atoms with Crippen LogP contribution in [0.2, 0.25) is 0 Å². The van der Waals surface area contributed by atoms with Gasteiger partial charge in [0.1, 0.15) is 5.82 Å². The molecule has 0 aliphatic carbocycles. The van der Waals surface area contributed by atoms with Crippen molar-refractivity contribution in [1.29, 1.82) is 0 Å². The summed E-state index contributed by atoms with van der Waals surface area (Å²) in [5, 5.41) is 0. The second-order valence-corrected chi connectivity index (χ2v) is 4.81. The lowest BCUT2D eigenvalue weighted by atomic mass is 9.96. The Balaban J connectivity index is 2.07. The molecule has 0 atom stereocenters. The van der Waals surface area contributed by atoms with Gasteiger partial charge in [0.05, 0.1) is 13.5 Å². The van der Waals surface area contributed by atoms with E-state index in [2.05, 4.69) is 14.7 Å². The van der Waals surface area contributed by atoms with Crippen molar-refractivity contribution in [3.05, 3.63) is 23.3 Å². The van der Waals surface area contributed by atoms with Crippen LogP contribution in [0.3, 0.4) is 0 Å². The Hall–Kier alpha value is -1.49. The van der Waals surface area contributed by atoms with Crippen molar-refractivity contribution >= 4 is 5.97 Å². The number of methoxy groups -OCH3 is 1. The van der Waals surface area contributed by atoms with E-state index < -0.39 is 0 Å². The molecule has 0 aromatic carbocycles. The number of hydrogen-bond acceptors (Lipinski definition) is 5. The fourth-order valence-corrected chi connectivity index (χ4v) is 2.29. The number of carbonyl (C=O) groups excluding carboxylic acids is 1. The minimum atomic E-state index is -0.224. The SMILES string of the molecule is COC(=O)CCc1nc(C)cc(C2CCOCC2)n1. The molecular formula is C14H20N2O3. The van der Waals surface area contributed by atoms with Gasteiger partial charge in [-0.1, -0.05) is 0 Å². The Bertz CT molecular complexity index is 442. The monoisotopic (exact) mass is 264 g/mol. The Morgan fingerprint density at radius 3 is 2.84 bits per heavy atom. The molecule has 0 spiro atoms. The standard InChI is InChI=1S/C14H20N2O3/c1-10-9-12(11-5-7-19-8-6-11)16-13(15-10)3-4-14(17)18-2/h9,11H,3-8H2,1-2H3. The molecule has 1 aromatic heterocycles. The number of aryl methyl sites for hydroxylation is 2. The van der Waals surface area contributed by atoms with Crippen LogP contribution in [-0.4, -0.2) is 36.3 Å². The molecule has 1 fully saturated rings. The van der Waals surface area contributed by atoms with Crippen LogP contribution in [0.25, 0.3) is 0 Å². The van der Waals surface area contributed by atoms with Gasteiger partial charge in [-0.2, -0.15) is 0 Å². The Morgan fingerprint density at radius 2 is 2.16 bits per heavy atom. The summed E-state index contributed by atoms with van der Waals surface area (Å²) in [6, 6.07) is 2.04. The van der Waals surface area contributed by atoms with Gasteiger partial charge in [-0.15, -0.1) is 0 Å². The highest BCUT2D eigenvalue weighted by molar-refractivity contribution is 5.69. The van der Waals surface area contributed by atoms with Crippen molar-refractivity contribution in [1.82, 2.24) is 9.97 Å². The molecule has 0 bridgehead atoms. The van der Waals surface area contributed by atoms with Crippen molar-refractivity contribution in [3.63, 3.8) is 0 Å². The third-order valence-electron chi connectivity index (χ3n) is 3.34. The summed E-state index contributed by atoms with van der Waals surface area (Å²) in [5.41, 5.74) is 2.03. The van der Waals surface area contributed by atoms with Crippen molar-refractivity contribution in [2.45, 2.75) is 38.5 Å². The number of ether oxygens (including phenoxy) is 2. The van der Waals surface area contributed by atoms with Crippen LogP contribution in [0.15, 0.2) is 6.07 Å². The van der Waals surface area contributed by atoms with Gasteiger partial charge in [0.2, 0.25) is 0 Å². The Morgan fingerprint density at radius 1 is 1.42 bits per heavy atom. The zero-order valence-corrected chi connectivity index (χ0v) is 11.5. The van der Waals surface area contributed by atoms with Gasteiger partial charge < -0.3 is 9.47 Å². The largest absolute Gasteiger partial charge is 0.469 e. The molecule has 1 aliphatic heterocycles. The molecular weight excluding hydrogens is 244 g/mol. The van der Waals surface area contributed by atoms with Crippen molar-refractivity contribution in [3.8, 4) is 0 Å². The van der Waals surface area contributed by atoms with Crippen molar-refractivity contribution in [2.24, 2.45) is 0 Å². The van der Waals surface area contributed by atoms with Gasteiger partial charge in [-0.25, -0.2) is 9.97 Å². The fraction of sp³-hybridized carbons (Fsp3) is 0.643. The molecule has 0 saturated carbocycles. The van der Waals surface area contributed by atoms with Gasteiger partial charge in [0.15, 0.2) is 0 Å². The number of aromatic nitrogens is 2. The number of rotatable bonds is 4. The summed E-state index contributed by atoms with van der Waals surface area (Å²) in [6.07, 6.45) is 2.87. The lowest BCUT2D eigenvalue weighted by Gasteiger charge is -2.22. The average molecular weight is 264 g/mol. The zero-order chi connectivity index (χ0) is 13.7. The highest BCUT2D eigenvalue weighted by Gasteiger charge is 2.18. The van der Waals surface area contributed by atoms with E-state index in [4.69, 9.17) is 4.74 Å². The van der Waals surface area contributed by atoms with Crippen LogP contribution in [0, 0.1) is 6.92 Å². The quantitative estimate of drug-likeness (QED) is 0.776. The van der Waals surface area contributed by atoms with E-state index in [0.717, 1.165) is 43.3 Å². The van der Waals surface area contributed by atoms with E-state index >= 15 is 0 Å². The third-order valence-corrected chi connectivity index (χ3v) is 3.34. The first-order valence-electron chi connectivity index (χ1n) is 6.68. The van der Waals surface area contributed by atoms with Crippen LogP contribution >= 0.6 is 0 Å². The van der Waals surface area contributed by atoms with E-state index in [1.165, 1.54) is 7.11 Å². The summed E-state index contributed by atoms with van der Waals surface area (Å²) in [4.78, 5) is 20.1. The minimum Gasteiger partial charge on any atom is -0.469 e. The van der Waals surface area contributed by atoms with E-state index in [1.807, 2.05) is 13.0 Å². The molecule has 1 saturated heterocycles. The lowest BCUT2D eigenvalue weighted by Crippen LogP contribution is -2.16. The van der Waals surface area contributed by atoms with Gasteiger partial charge in [-0.3, -0.25) is 4.79 Å². The molecule has 0 N–H and O–H groups in total. The predicted molar refractivity (Wildman–Crippen MR) is 69.9 cm³/mol. The van der Waals surface area contributed by atoms with Gasteiger partial charge in [-0.05, 0) is 25.8 Å². The summed E-state index contributed by atoms with van der Waals surface area (Å²) in [7, 11) is 1.40. The maximum Gasteiger partial charge on any atom is 0.305 e. The molecule has 5 heteroatoms. The first-order chi connectivity index (χ1) is 9.19. The molecule has 0 amide bonds. The maximum atomic E-state index is 11.2. The first-order valence-corrected chi connectivity index (χ1v) is 6.68. The molecule has 5 nitrogen and oxygen atoms in total. The minimum absolute atomic E-state index is 0.224. The van der Waals surface area contributed by atoms with Gasteiger partial charge in [0.25, 0.3) is 0 Å². The Labute approximate surface area is 113 Å². The molecule has 2 rings (SSSR count). The number of hydrogen-bond donors (Lipinski definition) is 0. The average Bonchev–Trinajstić information content (AvgIpc) is 2.45. The predicted octanol–water partition coefficient (Wildman–Crippen LogP) is 1.78. The molecule has 0 radical (unpaired) electrons. The summed E-state index contributed by atoms with van der Waals surface area (Å²) in [6.45, 7) is 3.56. The van der Waals surface area contributed by atoms with E-state index in [1.54, 1.807) is 0 Å². The summed E-state index contributed by atoms with van der Waals surface area (Å²) >= 11 is 0. The number of carbonyl (C=O) groups is 1. The maximum absolute atomic E-state index is 11.2. The van der Waals surface area contributed by atoms with Crippen molar-refractivity contribution in [2.75, 3.05) is 20.3 Å². The molecule has 1 aliphatic rings. The van der Waals surface area contributed by atoms with Crippen LogP contribution in [0.5, 0.6) is 0 Å². The molecule has 104 valence electrons. The van der Waals surface area contributed by atoms with E-state index in [0.29, 0.717) is 18.8 Å². The van der Waals surface area contributed by atoms with Crippen LogP contribution in [-0.2, 0) is 20.7 Å². The summed E-state index contributed by atoms with van der Waals surface area (Å²) in [5.74, 6) is 0.956. The highest BCUT2D eigenvalue weighted by Crippen LogP contribution is 2.25. The lowest BCUT2D eigenvalue weighted by molar-refractivity contribution is -0.140. The second-order valence-electron chi connectivity index (χ2n) is 4.81.